The van der Waals surface area contributed by atoms with Gasteiger partial charge in [-0.25, -0.2) is 8.78 Å². The molecule has 0 aliphatic heterocycles. The Labute approximate surface area is 118 Å². The molecule has 2 aromatic rings. The van der Waals surface area contributed by atoms with Gasteiger partial charge in [0.15, 0.2) is 5.78 Å². The Morgan fingerprint density at radius 3 is 2.57 bits per heavy atom. The van der Waals surface area contributed by atoms with Gasteiger partial charge in [0.25, 0.3) is 5.69 Å². The lowest BCUT2D eigenvalue weighted by atomic mass is 10.1. The Kier molecular flexibility index (Phi) is 4.18. The molecule has 0 amide bonds. The van der Waals surface area contributed by atoms with Crippen molar-refractivity contribution in [3.8, 4) is 0 Å². The van der Waals surface area contributed by atoms with Crippen molar-refractivity contribution in [1.29, 1.82) is 0 Å². The fourth-order valence-electron chi connectivity index (χ4n) is 1.67. The van der Waals surface area contributed by atoms with Crippen LogP contribution in [0.5, 0.6) is 0 Å². The lowest BCUT2D eigenvalue weighted by Crippen LogP contribution is -1.96. The van der Waals surface area contributed by atoms with E-state index in [1.54, 1.807) is 0 Å². The highest BCUT2D eigenvalue weighted by Crippen LogP contribution is 2.15. The van der Waals surface area contributed by atoms with Crippen LogP contribution in [0.2, 0.25) is 0 Å². The van der Waals surface area contributed by atoms with Gasteiger partial charge in [-0.2, -0.15) is 0 Å². The van der Waals surface area contributed by atoms with Crippen LogP contribution in [0.4, 0.5) is 14.5 Å². The van der Waals surface area contributed by atoms with Gasteiger partial charge >= 0.3 is 0 Å². The number of benzene rings is 2. The highest BCUT2D eigenvalue weighted by Gasteiger charge is 2.09. The summed E-state index contributed by atoms with van der Waals surface area (Å²) in [5.41, 5.74) is -0.0413. The molecule has 0 N–H and O–H groups in total. The number of ketones is 1. The van der Waals surface area contributed by atoms with E-state index in [1.807, 2.05) is 0 Å². The molecule has 0 spiro atoms. The molecule has 21 heavy (non-hydrogen) atoms. The fraction of sp³-hybridized carbons (Fsp3) is 0. The first-order chi connectivity index (χ1) is 9.97. The number of carbonyl (C=O) groups is 1. The molecule has 0 aliphatic rings. The number of halogens is 2. The lowest BCUT2D eigenvalue weighted by Gasteiger charge is -1.98. The van der Waals surface area contributed by atoms with Crippen LogP contribution >= 0.6 is 0 Å². The number of hydrogen-bond donors (Lipinski definition) is 0. The molecule has 2 aromatic carbocycles. The number of carbonyl (C=O) groups excluding carboxylic acids is 1. The number of nitro benzene ring substituents is 1. The summed E-state index contributed by atoms with van der Waals surface area (Å²) in [6.07, 6.45) is 2.27. The Morgan fingerprint density at radius 1 is 1.14 bits per heavy atom. The van der Waals surface area contributed by atoms with Crippen molar-refractivity contribution in [2.24, 2.45) is 0 Å². The summed E-state index contributed by atoms with van der Waals surface area (Å²) in [6, 6.07) is 8.17. The molecule has 6 heteroatoms. The molecule has 0 saturated heterocycles. The van der Waals surface area contributed by atoms with E-state index in [0.717, 1.165) is 18.2 Å². The topological polar surface area (TPSA) is 60.2 Å². The minimum absolute atomic E-state index is 0.0511. The number of allylic oxidation sites excluding steroid dienone is 1. The zero-order valence-corrected chi connectivity index (χ0v) is 10.6. The number of nitro groups is 1. The molecule has 0 aromatic heterocycles. The third-order valence-corrected chi connectivity index (χ3v) is 2.72. The Morgan fingerprint density at radius 2 is 1.90 bits per heavy atom. The van der Waals surface area contributed by atoms with Crippen molar-refractivity contribution in [2.75, 3.05) is 0 Å². The highest BCUT2D eigenvalue weighted by atomic mass is 19.1. The highest BCUT2D eigenvalue weighted by molar-refractivity contribution is 6.07. The number of hydrogen-bond acceptors (Lipinski definition) is 3. The van der Waals surface area contributed by atoms with E-state index in [-0.39, 0.29) is 16.8 Å². The number of rotatable bonds is 4. The van der Waals surface area contributed by atoms with Crippen molar-refractivity contribution in [3.05, 3.63) is 81.4 Å². The zero-order valence-electron chi connectivity index (χ0n) is 10.6. The van der Waals surface area contributed by atoms with Gasteiger partial charge in [-0.05, 0) is 24.3 Å². The van der Waals surface area contributed by atoms with Gasteiger partial charge in [-0.3, -0.25) is 14.9 Å². The van der Waals surface area contributed by atoms with Crippen LogP contribution in [0.25, 0.3) is 6.08 Å². The van der Waals surface area contributed by atoms with Crippen LogP contribution in [0.3, 0.4) is 0 Å². The molecule has 0 unspecified atom stereocenters. The van der Waals surface area contributed by atoms with Crippen molar-refractivity contribution in [1.82, 2.24) is 0 Å². The van der Waals surface area contributed by atoms with E-state index in [2.05, 4.69) is 0 Å². The quantitative estimate of drug-likeness (QED) is 0.372. The van der Waals surface area contributed by atoms with E-state index in [0.29, 0.717) is 6.07 Å². The molecule has 2 rings (SSSR count). The third kappa shape index (κ3) is 3.56. The summed E-state index contributed by atoms with van der Waals surface area (Å²) < 4.78 is 26.1. The Bertz CT molecular complexity index is 741. The van der Waals surface area contributed by atoms with E-state index >= 15 is 0 Å². The van der Waals surface area contributed by atoms with Gasteiger partial charge < -0.3 is 0 Å². The first-order valence-electron chi connectivity index (χ1n) is 5.89. The van der Waals surface area contributed by atoms with Crippen LogP contribution in [0.15, 0.2) is 48.5 Å². The molecule has 0 fully saturated rings. The Hall–Kier alpha value is -2.89. The summed E-state index contributed by atoms with van der Waals surface area (Å²) in [4.78, 5) is 21.9. The monoisotopic (exact) mass is 289 g/mol. The van der Waals surface area contributed by atoms with E-state index < -0.39 is 22.3 Å². The minimum Gasteiger partial charge on any atom is -0.289 e. The summed E-state index contributed by atoms with van der Waals surface area (Å²) in [6.45, 7) is 0. The second-order valence-corrected chi connectivity index (χ2v) is 4.17. The summed E-state index contributed by atoms with van der Waals surface area (Å²) >= 11 is 0. The second kappa shape index (κ2) is 6.04. The van der Waals surface area contributed by atoms with Gasteiger partial charge in [-0.1, -0.05) is 12.1 Å². The largest absolute Gasteiger partial charge is 0.289 e. The smallest absolute Gasteiger partial charge is 0.270 e. The number of non-ortho nitro benzene ring substituents is 1. The van der Waals surface area contributed by atoms with Gasteiger partial charge in [0.1, 0.15) is 11.6 Å². The average Bonchev–Trinajstić information content (AvgIpc) is 2.46. The standard InChI is InChI=1S/C15H9F2NO3/c16-12-6-4-10(14(17)9-12)5-7-15(19)11-2-1-3-13(8-11)18(20)21/h1-9H/b7-5+. The normalized spacial score (nSPS) is 10.8. The SMILES string of the molecule is O=C(/C=C/c1ccc(F)cc1F)c1cccc([N+](=O)[O-])c1. The van der Waals surface area contributed by atoms with Gasteiger partial charge in [0, 0.05) is 29.3 Å². The summed E-state index contributed by atoms with van der Waals surface area (Å²) in [7, 11) is 0. The van der Waals surface area contributed by atoms with Crippen molar-refractivity contribution in [2.45, 2.75) is 0 Å². The van der Waals surface area contributed by atoms with Crippen molar-refractivity contribution < 1.29 is 18.5 Å². The van der Waals surface area contributed by atoms with Crippen LogP contribution in [0.1, 0.15) is 15.9 Å². The molecule has 106 valence electrons. The summed E-state index contributed by atoms with van der Waals surface area (Å²) in [5, 5.41) is 10.6. The maximum Gasteiger partial charge on any atom is 0.270 e. The third-order valence-electron chi connectivity index (χ3n) is 2.72. The maximum atomic E-state index is 13.4. The van der Waals surface area contributed by atoms with E-state index in [9.17, 15) is 23.7 Å². The van der Waals surface area contributed by atoms with Crippen LogP contribution < -0.4 is 0 Å². The van der Waals surface area contributed by atoms with E-state index in [4.69, 9.17) is 0 Å². The molecule has 0 aliphatic carbocycles. The predicted octanol–water partition coefficient (Wildman–Crippen LogP) is 3.77. The van der Waals surface area contributed by atoms with E-state index in [1.165, 1.54) is 30.3 Å². The van der Waals surface area contributed by atoms with Gasteiger partial charge in [-0.15, -0.1) is 0 Å². The lowest BCUT2D eigenvalue weighted by molar-refractivity contribution is -0.384. The first kappa shape index (κ1) is 14.5. The second-order valence-electron chi connectivity index (χ2n) is 4.17. The molecular formula is C15H9F2NO3. The fourth-order valence-corrected chi connectivity index (χ4v) is 1.67. The number of nitrogens with zero attached hydrogens (tertiary/aromatic N) is 1. The summed E-state index contributed by atoms with van der Waals surface area (Å²) in [5.74, 6) is -2.02. The Balaban J connectivity index is 2.23. The zero-order chi connectivity index (χ0) is 15.4. The van der Waals surface area contributed by atoms with Gasteiger partial charge in [0.2, 0.25) is 0 Å². The molecule has 4 nitrogen and oxygen atoms in total. The molecule has 0 heterocycles. The van der Waals surface area contributed by atoms with Crippen LogP contribution in [-0.2, 0) is 0 Å². The predicted molar refractivity (Wildman–Crippen MR) is 72.8 cm³/mol. The molecule has 0 saturated carbocycles. The molecule has 0 radical (unpaired) electrons. The molecule has 0 atom stereocenters. The van der Waals surface area contributed by atoms with Crippen molar-refractivity contribution >= 4 is 17.5 Å². The van der Waals surface area contributed by atoms with Gasteiger partial charge in [0.05, 0.1) is 4.92 Å². The molecule has 0 bridgehead atoms. The van der Waals surface area contributed by atoms with Crippen LogP contribution in [-0.4, -0.2) is 10.7 Å². The maximum absolute atomic E-state index is 13.4. The van der Waals surface area contributed by atoms with Crippen LogP contribution in [0, 0.1) is 21.7 Å². The average molecular weight is 289 g/mol. The first-order valence-corrected chi connectivity index (χ1v) is 5.89. The minimum atomic E-state index is -0.793. The van der Waals surface area contributed by atoms with Crippen molar-refractivity contribution in [3.63, 3.8) is 0 Å². The molecular weight excluding hydrogens is 280 g/mol.